The maximum atomic E-state index is 13.2. The van der Waals surface area contributed by atoms with E-state index in [0.717, 1.165) is 5.56 Å². The molecule has 0 fully saturated rings. The van der Waals surface area contributed by atoms with Crippen molar-refractivity contribution >= 4 is 15.7 Å². The predicted molar refractivity (Wildman–Crippen MR) is 99.2 cm³/mol. The minimum absolute atomic E-state index is 0.186. The number of nitrogens with one attached hydrogen (secondary N) is 1. The molecule has 0 aromatic heterocycles. The normalized spacial score (nSPS) is 11.2. The largest absolute Gasteiger partial charge is 0.489 e. The van der Waals surface area contributed by atoms with Crippen LogP contribution in [0.5, 0.6) is 5.75 Å². The van der Waals surface area contributed by atoms with Crippen LogP contribution in [0.2, 0.25) is 0 Å². The van der Waals surface area contributed by atoms with E-state index in [2.05, 4.69) is 4.72 Å². The van der Waals surface area contributed by atoms with Crippen LogP contribution in [0.1, 0.15) is 11.1 Å². The van der Waals surface area contributed by atoms with Gasteiger partial charge in [-0.25, -0.2) is 12.8 Å². The van der Waals surface area contributed by atoms with Crippen molar-refractivity contribution in [1.29, 1.82) is 0 Å². The number of hydrogen-bond donors (Lipinski definition) is 1. The summed E-state index contributed by atoms with van der Waals surface area (Å²) in [6.07, 6.45) is 0. The summed E-state index contributed by atoms with van der Waals surface area (Å²) in [6.45, 7) is 2.08. The number of anilines is 1. The summed E-state index contributed by atoms with van der Waals surface area (Å²) in [5.41, 5.74) is 2.06. The average Bonchev–Trinajstić information content (AvgIpc) is 2.60. The summed E-state index contributed by atoms with van der Waals surface area (Å²) in [5, 5.41) is 0. The first kappa shape index (κ1) is 17.9. The average molecular weight is 371 g/mol. The van der Waals surface area contributed by atoms with Gasteiger partial charge in [-0.3, -0.25) is 4.72 Å². The van der Waals surface area contributed by atoms with Gasteiger partial charge in [0.2, 0.25) is 0 Å². The van der Waals surface area contributed by atoms with E-state index >= 15 is 0 Å². The zero-order valence-electron chi connectivity index (χ0n) is 14.1. The highest BCUT2D eigenvalue weighted by Crippen LogP contribution is 2.22. The quantitative estimate of drug-likeness (QED) is 0.693. The topological polar surface area (TPSA) is 55.4 Å². The van der Waals surface area contributed by atoms with Crippen molar-refractivity contribution in [1.82, 2.24) is 0 Å². The molecular weight excluding hydrogens is 353 g/mol. The minimum Gasteiger partial charge on any atom is -0.489 e. The van der Waals surface area contributed by atoms with Gasteiger partial charge in [-0.2, -0.15) is 0 Å². The number of sulfonamides is 1. The number of ether oxygens (including phenoxy) is 1. The Kier molecular flexibility index (Phi) is 5.23. The second kappa shape index (κ2) is 7.58. The van der Waals surface area contributed by atoms with Gasteiger partial charge in [0.25, 0.3) is 10.0 Å². The van der Waals surface area contributed by atoms with Crippen LogP contribution < -0.4 is 9.46 Å². The van der Waals surface area contributed by atoms with Gasteiger partial charge in [0.1, 0.15) is 18.2 Å². The second-order valence-corrected chi connectivity index (χ2v) is 7.55. The molecule has 0 radical (unpaired) electrons. The van der Waals surface area contributed by atoms with Crippen LogP contribution in [-0.2, 0) is 16.6 Å². The first-order valence-electron chi connectivity index (χ1n) is 7.99. The van der Waals surface area contributed by atoms with Crippen LogP contribution >= 0.6 is 0 Å². The number of halogens is 1. The SMILES string of the molecule is Cc1ccc(S(=O)(=O)Nc2cccc(OCc3cccc(F)c3)c2)cc1. The lowest BCUT2D eigenvalue weighted by molar-refractivity contribution is 0.306. The predicted octanol–water partition coefficient (Wildman–Crippen LogP) is 4.51. The molecule has 0 saturated heterocycles. The van der Waals surface area contributed by atoms with Gasteiger partial charge in [0, 0.05) is 6.07 Å². The number of benzene rings is 3. The van der Waals surface area contributed by atoms with E-state index in [4.69, 9.17) is 4.74 Å². The monoisotopic (exact) mass is 371 g/mol. The lowest BCUT2D eigenvalue weighted by Gasteiger charge is -2.11. The summed E-state index contributed by atoms with van der Waals surface area (Å²) < 4.78 is 46.2. The van der Waals surface area contributed by atoms with Crippen molar-refractivity contribution in [3.05, 3.63) is 89.7 Å². The first-order chi connectivity index (χ1) is 12.4. The molecule has 0 atom stereocenters. The van der Waals surface area contributed by atoms with Crippen LogP contribution in [0, 0.1) is 12.7 Å². The summed E-state index contributed by atoms with van der Waals surface area (Å²) in [5.74, 6) is 0.157. The molecule has 134 valence electrons. The van der Waals surface area contributed by atoms with Crippen molar-refractivity contribution < 1.29 is 17.5 Å². The Morgan fingerprint density at radius 3 is 2.42 bits per heavy atom. The van der Waals surface area contributed by atoms with E-state index in [1.807, 2.05) is 6.92 Å². The van der Waals surface area contributed by atoms with Gasteiger partial charge in [-0.1, -0.05) is 35.9 Å². The summed E-state index contributed by atoms with van der Waals surface area (Å²) in [7, 11) is -3.67. The Morgan fingerprint density at radius 1 is 0.962 bits per heavy atom. The molecule has 3 aromatic rings. The van der Waals surface area contributed by atoms with Crippen molar-refractivity contribution in [2.45, 2.75) is 18.4 Å². The molecule has 26 heavy (non-hydrogen) atoms. The molecular formula is C20H18FNO3S. The number of hydrogen-bond acceptors (Lipinski definition) is 3. The van der Waals surface area contributed by atoms with Gasteiger partial charge in [0.05, 0.1) is 10.6 Å². The lowest BCUT2D eigenvalue weighted by atomic mass is 10.2. The Morgan fingerprint density at radius 2 is 1.69 bits per heavy atom. The maximum absolute atomic E-state index is 13.2. The zero-order chi connectivity index (χ0) is 18.6. The molecule has 0 unspecified atom stereocenters. The smallest absolute Gasteiger partial charge is 0.261 e. The van der Waals surface area contributed by atoms with Crippen LogP contribution in [0.4, 0.5) is 10.1 Å². The third-order valence-electron chi connectivity index (χ3n) is 3.71. The van der Waals surface area contributed by atoms with Crippen molar-refractivity contribution in [3.63, 3.8) is 0 Å². The summed E-state index contributed by atoms with van der Waals surface area (Å²) >= 11 is 0. The fraction of sp³-hybridized carbons (Fsp3) is 0.100. The minimum atomic E-state index is -3.67. The van der Waals surface area contributed by atoms with E-state index < -0.39 is 10.0 Å². The third kappa shape index (κ3) is 4.61. The van der Waals surface area contributed by atoms with Crippen LogP contribution in [-0.4, -0.2) is 8.42 Å². The van der Waals surface area contributed by atoms with Crippen molar-refractivity contribution in [3.8, 4) is 5.75 Å². The Balaban J connectivity index is 1.71. The molecule has 0 heterocycles. The highest BCUT2D eigenvalue weighted by atomic mass is 32.2. The van der Waals surface area contributed by atoms with Gasteiger partial charge < -0.3 is 4.74 Å². The van der Waals surface area contributed by atoms with Crippen LogP contribution in [0.3, 0.4) is 0 Å². The number of aryl methyl sites for hydroxylation is 1. The molecule has 0 amide bonds. The van der Waals surface area contributed by atoms with Crippen molar-refractivity contribution in [2.75, 3.05) is 4.72 Å². The lowest BCUT2D eigenvalue weighted by Crippen LogP contribution is -2.12. The molecule has 0 spiro atoms. The highest BCUT2D eigenvalue weighted by Gasteiger charge is 2.14. The second-order valence-electron chi connectivity index (χ2n) is 5.86. The van der Waals surface area contributed by atoms with E-state index in [-0.39, 0.29) is 17.3 Å². The molecule has 0 aliphatic rings. The van der Waals surface area contributed by atoms with E-state index in [9.17, 15) is 12.8 Å². The van der Waals surface area contributed by atoms with Gasteiger partial charge in [-0.05, 0) is 48.9 Å². The molecule has 0 saturated carbocycles. The highest BCUT2D eigenvalue weighted by molar-refractivity contribution is 7.92. The number of rotatable bonds is 6. The fourth-order valence-electron chi connectivity index (χ4n) is 2.37. The molecule has 3 rings (SSSR count). The third-order valence-corrected chi connectivity index (χ3v) is 5.11. The van der Waals surface area contributed by atoms with Crippen LogP contribution in [0.25, 0.3) is 0 Å². The van der Waals surface area contributed by atoms with Gasteiger partial charge >= 0.3 is 0 Å². The molecule has 0 bridgehead atoms. The summed E-state index contributed by atoms with van der Waals surface area (Å²) in [4.78, 5) is 0.189. The van der Waals surface area contributed by atoms with Crippen LogP contribution in [0.15, 0.2) is 77.7 Å². The Labute approximate surface area is 152 Å². The molecule has 3 aromatic carbocycles. The standard InChI is InChI=1S/C20H18FNO3S/c1-15-8-10-20(11-9-15)26(23,24)22-18-6-3-7-19(13-18)25-14-16-4-2-5-17(21)12-16/h2-13,22H,14H2,1H3. The molecule has 0 aliphatic carbocycles. The zero-order valence-corrected chi connectivity index (χ0v) is 15.0. The molecule has 4 nitrogen and oxygen atoms in total. The summed E-state index contributed by atoms with van der Waals surface area (Å²) in [6, 6.07) is 19.4. The van der Waals surface area contributed by atoms with E-state index in [1.54, 1.807) is 60.7 Å². The molecule has 1 N–H and O–H groups in total. The molecule has 6 heteroatoms. The van der Waals surface area contributed by atoms with E-state index in [0.29, 0.717) is 17.0 Å². The Bertz CT molecular complexity index is 1000. The van der Waals surface area contributed by atoms with Gasteiger partial charge in [0.15, 0.2) is 0 Å². The van der Waals surface area contributed by atoms with E-state index in [1.165, 1.54) is 12.1 Å². The Hall–Kier alpha value is -2.86. The maximum Gasteiger partial charge on any atom is 0.261 e. The van der Waals surface area contributed by atoms with Crippen molar-refractivity contribution in [2.24, 2.45) is 0 Å². The first-order valence-corrected chi connectivity index (χ1v) is 9.47. The van der Waals surface area contributed by atoms with Gasteiger partial charge in [-0.15, -0.1) is 0 Å². The fourth-order valence-corrected chi connectivity index (χ4v) is 3.42. The molecule has 0 aliphatic heterocycles.